The molecule has 0 saturated carbocycles. The fourth-order valence-corrected chi connectivity index (χ4v) is 4.89. The SMILES string of the molecule is COc1ccccc1OCC(=O)N1CC(C)SC1=Nc1cccc(S(=O)(=O)N(C)C)c1. The third-order valence-corrected chi connectivity index (χ3v) is 7.40. The largest absolute Gasteiger partial charge is 0.493 e. The van der Waals surface area contributed by atoms with Crippen LogP contribution in [-0.4, -0.2) is 68.3 Å². The summed E-state index contributed by atoms with van der Waals surface area (Å²) in [5, 5.41) is 0.670. The standard InChI is InChI=1S/C21H25N3O5S2/c1-15-13-24(20(25)14-29-19-11-6-5-10-18(19)28-4)21(30-15)22-16-8-7-9-17(12-16)31(26,27)23(2)3/h5-12,15H,13-14H2,1-4H3. The predicted molar refractivity (Wildman–Crippen MR) is 122 cm³/mol. The first-order valence-corrected chi connectivity index (χ1v) is 11.9. The van der Waals surface area contributed by atoms with Gasteiger partial charge in [0.1, 0.15) is 0 Å². The van der Waals surface area contributed by atoms with Crippen LogP contribution in [0.2, 0.25) is 0 Å². The quantitative estimate of drug-likeness (QED) is 0.627. The van der Waals surface area contributed by atoms with Crippen molar-refractivity contribution in [3.8, 4) is 11.5 Å². The van der Waals surface area contributed by atoms with Crippen LogP contribution in [0.15, 0.2) is 58.4 Å². The number of ether oxygens (including phenoxy) is 2. The molecule has 0 radical (unpaired) electrons. The highest BCUT2D eigenvalue weighted by Crippen LogP contribution is 2.30. The van der Waals surface area contributed by atoms with Gasteiger partial charge in [-0.05, 0) is 30.3 Å². The molecule has 1 fully saturated rings. The molecule has 1 amide bonds. The van der Waals surface area contributed by atoms with E-state index in [0.717, 1.165) is 4.31 Å². The minimum absolute atomic E-state index is 0.146. The molecule has 1 saturated heterocycles. The van der Waals surface area contributed by atoms with Crippen LogP contribution in [0.1, 0.15) is 6.92 Å². The molecule has 1 aliphatic rings. The Balaban J connectivity index is 1.79. The number of thioether (sulfide) groups is 1. The van der Waals surface area contributed by atoms with Crippen LogP contribution in [0, 0.1) is 0 Å². The average molecular weight is 464 g/mol. The number of hydrogen-bond acceptors (Lipinski definition) is 7. The van der Waals surface area contributed by atoms with Crippen LogP contribution in [0.5, 0.6) is 11.5 Å². The zero-order valence-electron chi connectivity index (χ0n) is 17.8. The van der Waals surface area contributed by atoms with Gasteiger partial charge in [-0.3, -0.25) is 9.69 Å². The van der Waals surface area contributed by atoms with Crippen molar-refractivity contribution in [1.29, 1.82) is 0 Å². The van der Waals surface area contributed by atoms with Gasteiger partial charge in [-0.2, -0.15) is 0 Å². The molecule has 31 heavy (non-hydrogen) atoms. The van der Waals surface area contributed by atoms with Gasteiger partial charge in [-0.1, -0.05) is 36.9 Å². The summed E-state index contributed by atoms with van der Waals surface area (Å²) >= 11 is 1.46. The number of rotatable bonds is 7. The van der Waals surface area contributed by atoms with E-state index in [0.29, 0.717) is 28.9 Å². The van der Waals surface area contributed by atoms with E-state index < -0.39 is 10.0 Å². The first kappa shape index (κ1) is 23.1. The Bertz CT molecular complexity index is 1090. The first-order valence-electron chi connectivity index (χ1n) is 9.56. The van der Waals surface area contributed by atoms with Crippen LogP contribution >= 0.6 is 11.8 Å². The van der Waals surface area contributed by atoms with Gasteiger partial charge < -0.3 is 9.47 Å². The Kier molecular flexibility index (Phi) is 7.24. The fourth-order valence-electron chi connectivity index (χ4n) is 2.90. The van der Waals surface area contributed by atoms with E-state index in [1.165, 1.54) is 45.1 Å². The summed E-state index contributed by atoms with van der Waals surface area (Å²) in [6, 6.07) is 13.5. The molecule has 10 heteroatoms. The van der Waals surface area contributed by atoms with Crippen LogP contribution in [0.4, 0.5) is 5.69 Å². The number of hydrogen-bond donors (Lipinski definition) is 0. The molecule has 8 nitrogen and oxygen atoms in total. The van der Waals surface area contributed by atoms with Crippen LogP contribution in [0.25, 0.3) is 0 Å². The molecule has 0 aromatic heterocycles. The van der Waals surface area contributed by atoms with Crippen molar-refractivity contribution in [2.75, 3.05) is 34.4 Å². The molecule has 3 rings (SSSR count). The fraction of sp³-hybridized carbons (Fsp3) is 0.333. The number of carbonyl (C=O) groups is 1. The number of benzene rings is 2. The van der Waals surface area contributed by atoms with Gasteiger partial charge in [0, 0.05) is 25.9 Å². The van der Waals surface area contributed by atoms with Gasteiger partial charge in [-0.25, -0.2) is 17.7 Å². The van der Waals surface area contributed by atoms with Gasteiger partial charge in [0.05, 0.1) is 17.7 Å². The zero-order chi connectivity index (χ0) is 22.6. The lowest BCUT2D eigenvalue weighted by Crippen LogP contribution is -2.36. The monoisotopic (exact) mass is 463 g/mol. The minimum atomic E-state index is -3.57. The summed E-state index contributed by atoms with van der Waals surface area (Å²) < 4.78 is 36.9. The van der Waals surface area contributed by atoms with Crippen LogP contribution in [-0.2, 0) is 14.8 Å². The summed E-state index contributed by atoms with van der Waals surface area (Å²) in [5.41, 5.74) is 0.461. The summed E-state index contributed by atoms with van der Waals surface area (Å²) in [7, 11) is 0.919. The second-order valence-corrected chi connectivity index (χ2v) is 10.6. The minimum Gasteiger partial charge on any atom is -0.493 e. The molecule has 0 aliphatic carbocycles. The molecule has 0 bridgehead atoms. The van der Waals surface area contributed by atoms with Crippen molar-refractivity contribution in [1.82, 2.24) is 9.21 Å². The second-order valence-electron chi connectivity index (χ2n) is 7.05. The maximum absolute atomic E-state index is 12.8. The van der Waals surface area contributed by atoms with Gasteiger partial charge in [0.2, 0.25) is 10.0 Å². The summed E-state index contributed by atoms with van der Waals surface area (Å²) in [4.78, 5) is 19.1. The number of methoxy groups -OCH3 is 1. The Morgan fingerprint density at radius 3 is 2.58 bits per heavy atom. The van der Waals surface area contributed by atoms with E-state index >= 15 is 0 Å². The maximum atomic E-state index is 12.8. The highest BCUT2D eigenvalue weighted by molar-refractivity contribution is 8.14. The van der Waals surface area contributed by atoms with E-state index in [9.17, 15) is 13.2 Å². The molecular weight excluding hydrogens is 438 g/mol. The number of sulfonamides is 1. The van der Waals surface area contributed by atoms with E-state index in [2.05, 4.69) is 4.99 Å². The molecule has 0 spiro atoms. The van der Waals surface area contributed by atoms with Gasteiger partial charge >= 0.3 is 0 Å². The summed E-state index contributed by atoms with van der Waals surface area (Å²) in [6.07, 6.45) is 0. The molecule has 1 unspecified atom stereocenters. The smallest absolute Gasteiger partial charge is 0.266 e. The number of carbonyl (C=O) groups excluding carboxylic acids is 1. The third-order valence-electron chi connectivity index (χ3n) is 4.52. The molecule has 2 aromatic rings. The molecule has 1 heterocycles. The summed E-state index contributed by atoms with van der Waals surface area (Å²) in [6.45, 7) is 2.33. The van der Waals surface area contributed by atoms with Crippen molar-refractivity contribution in [3.05, 3.63) is 48.5 Å². The Morgan fingerprint density at radius 1 is 1.19 bits per heavy atom. The Morgan fingerprint density at radius 2 is 1.90 bits per heavy atom. The number of para-hydroxylation sites is 2. The molecule has 1 aliphatic heterocycles. The highest BCUT2D eigenvalue weighted by atomic mass is 32.2. The number of amides is 1. The molecular formula is C21H25N3O5S2. The van der Waals surface area contributed by atoms with Crippen LogP contribution in [0.3, 0.4) is 0 Å². The van der Waals surface area contributed by atoms with E-state index in [4.69, 9.17) is 9.47 Å². The number of amidine groups is 1. The van der Waals surface area contributed by atoms with Gasteiger partial charge in [-0.15, -0.1) is 0 Å². The highest BCUT2D eigenvalue weighted by Gasteiger charge is 2.31. The molecule has 1 atom stereocenters. The number of nitrogens with zero attached hydrogens (tertiary/aromatic N) is 3. The lowest BCUT2D eigenvalue weighted by atomic mass is 10.3. The van der Waals surface area contributed by atoms with E-state index in [1.807, 2.05) is 13.0 Å². The normalized spacial score (nSPS) is 17.9. The van der Waals surface area contributed by atoms with Gasteiger partial charge in [0.15, 0.2) is 23.3 Å². The van der Waals surface area contributed by atoms with E-state index in [-0.39, 0.29) is 22.7 Å². The lowest BCUT2D eigenvalue weighted by molar-refractivity contribution is -0.129. The average Bonchev–Trinajstić information content (AvgIpc) is 3.12. The molecule has 166 valence electrons. The van der Waals surface area contributed by atoms with Crippen molar-refractivity contribution in [2.45, 2.75) is 17.1 Å². The van der Waals surface area contributed by atoms with Crippen molar-refractivity contribution < 1.29 is 22.7 Å². The molecule has 2 aromatic carbocycles. The Labute approximate surface area is 186 Å². The maximum Gasteiger partial charge on any atom is 0.266 e. The topological polar surface area (TPSA) is 88.5 Å². The Hall–Kier alpha value is -2.56. The first-order chi connectivity index (χ1) is 14.7. The lowest BCUT2D eigenvalue weighted by Gasteiger charge is -2.17. The predicted octanol–water partition coefficient (Wildman–Crippen LogP) is 2.98. The van der Waals surface area contributed by atoms with Crippen molar-refractivity contribution in [2.24, 2.45) is 4.99 Å². The van der Waals surface area contributed by atoms with Crippen molar-refractivity contribution >= 4 is 38.5 Å². The molecule has 0 N–H and O–H groups in total. The summed E-state index contributed by atoms with van der Waals surface area (Å²) in [5.74, 6) is 0.796. The van der Waals surface area contributed by atoms with E-state index in [1.54, 1.807) is 35.2 Å². The zero-order valence-corrected chi connectivity index (χ0v) is 19.4. The second kappa shape index (κ2) is 9.71. The van der Waals surface area contributed by atoms with Crippen LogP contribution < -0.4 is 9.47 Å². The van der Waals surface area contributed by atoms with Gasteiger partial charge in [0.25, 0.3) is 5.91 Å². The van der Waals surface area contributed by atoms with Crippen molar-refractivity contribution in [3.63, 3.8) is 0 Å². The number of aliphatic imine (C=N–C) groups is 1. The third kappa shape index (κ3) is 5.38.